The summed E-state index contributed by atoms with van der Waals surface area (Å²) in [6.45, 7) is 6.77. The Morgan fingerprint density at radius 3 is 2.63 bits per heavy atom. The molecule has 0 aromatic heterocycles. The fraction of sp³-hybridized carbons (Fsp3) is 0.263. The third kappa shape index (κ3) is 3.69. The highest BCUT2D eigenvalue weighted by atomic mass is 32.2. The van der Waals surface area contributed by atoms with Crippen molar-refractivity contribution in [1.82, 2.24) is 0 Å². The van der Waals surface area contributed by atoms with Crippen LogP contribution < -0.4 is 14.8 Å². The summed E-state index contributed by atoms with van der Waals surface area (Å²) in [7, 11) is -3.85. The Labute approximate surface area is 157 Å². The van der Waals surface area contributed by atoms with E-state index in [9.17, 15) is 13.5 Å². The molecule has 144 valence electrons. The maximum atomic E-state index is 15.0. The summed E-state index contributed by atoms with van der Waals surface area (Å²) >= 11 is 0. The first-order valence-electron chi connectivity index (χ1n) is 8.28. The van der Waals surface area contributed by atoms with E-state index in [0.29, 0.717) is 16.8 Å². The third-order valence-corrected chi connectivity index (χ3v) is 5.38. The first kappa shape index (κ1) is 19.3. The van der Waals surface area contributed by atoms with Gasteiger partial charge in [0.2, 0.25) is 10.0 Å². The fourth-order valence-corrected chi connectivity index (χ4v) is 3.60. The molecule has 3 rings (SSSR count). The number of aliphatic hydroxyl groups is 1. The highest BCUT2D eigenvalue weighted by molar-refractivity contribution is 7.89. The number of aliphatic hydroxyl groups excluding tert-OH is 1. The average molecular weight is 392 g/mol. The van der Waals surface area contributed by atoms with E-state index >= 15 is 4.39 Å². The molecule has 2 aromatic rings. The van der Waals surface area contributed by atoms with E-state index in [2.05, 4.69) is 6.58 Å². The van der Waals surface area contributed by atoms with Crippen LogP contribution in [0.3, 0.4) is 0 Å². The number of fused-ring (bicyclic) bond motifs is 1. The van der Waals surface area contributed by atoms with Crippen molar-refractivity contribution in [1.29, 1.82) is 0 Å². The van der Waals surface area contributed by atoms with E-state index in [0.717, 1.165) is 0 Å². The maximum absolute atomic E-state index is 15.0. The Bertz CT molecular complexity index is 1000. The number of hydrogen-bond acceptors (Lipinski definition) is 5. The summed E-state index contributed by atoms with van der Waals surface area (Å²) in [5, 5.41) is 15.2. The fourth-order valence-electron chi connectivity index (χ4n) is 3.02. The van der Waals surface area contributed by atoms with Crippen LogP contribution in [0.2, 0.25) is 0 Å². The Hall–Kier alpha value is -2.42. The van der Waals surface area contributed by atoms with Crippen molar-refractivity contribution >= 4 is 15.7 Å². The van der Waals surface area contributed by atoms with Crippen LogP contribution in [0, 0.1) is 0 Å². The molecule has 6 nitrogen and oxygen atoms in total. The molecule has 1 aliphatic rings. The van der Waals surface area contributed by atoms with Crippen LogP contribution in [0.1, 0.15) is 31.1 Å². The number of anilines is 1. The number of ether oxygens (including phenoxy) is 1. The highest BCUT2D eigenvalue weighted by Crippen LogP contribution is 2.46. The van der Waals surface area contributed by atoms with Gasteiger partial charge in [-0.2, -0.15) is 4.39 Å². The number of sulfonamides is 1. The summed E-state index contributed by atoms with van der Waals surface area (Å²) in [4.78, 5) is 1.58. The first-order valence-corrected chi connectivity index (χ1v) is 9.83. The average Bonchev–Trinajstić information content (AvgIpc) is 2.57. The van der Waals surface area contributed by atoms with Crippen molar-refractivity contribution in [3.63, 3.8) is 0 Å². The van der Waals surface area contributed by atoms with Crippen molar-refractivity contribution < 1.29 is 22.7 Å². The van der Waals surface area contributed by atoms with E-state index in [4.69, 9.17) is 9.88 Å². The van der Waals surface area contributed by atoms with Gasteiger partial charge in [-0.15, -0.1) is 0 Å². The van der Waals surface area contributed by atoms with Crippen LogP contribution in [0.25, 0.3) is 0 Å². The molecule has 2 unspecified atom stereocenters. The lowest BCUT2D eigenvalue weighted by Gasteiger charge is -2.41. The standard InChI is InChI=1S/C19H21FN2O4S/c1-12(23)16-8-5-9-17-18(16)26-19(3,20)13(2)22(17)11-14-6-4-7-15(10-14)27(21,24)25/h4-10,12,23H,2,11H2,1,3H3,(H2,21,24,25). The topological polar surface area (TPSA) is 92.9 Å². The van der Waals surface area contributed by atoms with Gasteiger partial charge in [0.25, 0.3) is 5.85 Å². The van der Waals surface area contributed by atoms with Gasteiger partial charge in [-0.3, -0.25) is 0 Å². The second-order valence-electron chi connectivity index (χ2n) is 6.62. The zero-order valence-electron chi connectivity index (χ0n) is 15.0. The molecule has 0 spiro atoms. The third-order valence-electron chi connectivity index (χ3n) is 4.47. The minimum absolute atomic E-state index is 0.0279. The zero-order valence-corrected chi connectivity index (χ0v) is 15.8. The molecular formula is C19H21FN2O4S. The minimum atomic E-state index is -3.85. The number of primary sulfonamides is 1. The summed E-state index contributed by atoms with van der Waals surface area (Å²) in [5.41, 5.74) is 1.66. The monoisotopic (exact) mass is 392 g/mol. The quantitative estimate of drug-likeness (QED) is 0.834. The molecule has 0 amide bonds. The molecular weight excluding hydrogens is 371 g/mol. The summed E-state index contributed by atoms with van der Waals surface area (Å²) in [5.74, 6) is -1.96. The zero-order chi connectivity index (χ0) is 20.0. The highest BCUT2D eigenvalue weighted by Gasteiger charge is 2.41. The maximum Gasteiger partial charge on any atom is 0.285 e. The van der Waals surface area contributed by atoms with E-state index in [-0.39, 0.29) is 22.9 Å². The Morgan fingerprint density at radius 1 is 1.33 bits per heavy atom. The number of rotatable bonds is 4. The van der Waals surface area contributed by atoms with Gasteiger partial charge < -0.3 is 14.7 Å². The van der Waals surface area contributed by atoms with Gasteiger partial charge in [-0.1, -0.05) is 30.8 Å². The number of halogens is 1. The number of nitrogens with two attached hydrogens (primary N) is 1. The van der Waals surface area contributed by atoms with Crippen molar-refractivity contribution in [2.75, 3.05) is 4.90 Å². The first-order chi connectivity index (χ1) is 12.5. The lowest BCUT2D eigenvalue weighted by molar-refractivity contribution is -0.0183. The molecule has 2 atom stereocenters. The van der Waals surface area contributed by atoms with Gasteiger partial charge in [-0.05, 0) is 30.7 Å². The molecule has 0 bridgehead atoms. The molecule has 8 heteroatoms. The number of para-hydroxylation sites is 1. The minimum Gasteiger partial charge on any atom is -0.450 e. The van der Waals surface area contributed by atoms with Crippen molar-refractivity contribution in [3.05, 3.63) is 65.9 Å². The van der Waals surface area contributed by atoms with Gasteiger partial charge in [0, 0.05) is 19.0 Å². The van der Waals surface area contributed by atoms with E-state index in [1.807, 2.05) is 0 Å². The molecule has 0 saturated carbocycles. The van der Waals surface area contributed by atoms with Crippen LogP contribution in [0.4, 0.5) is 10.1 Å². The Balaban J connectivity index is 2.08. The SMILES string of the molecule is C=C1N(Cc2cccc(S(N)(=O)=O)c2)c2cccc(C(C)O)c2OC1(C)F. The summed E-state index contributed by atoms with van der Waals surface area (Å²) in [6, 6.07) is 11.2. The van der Waals surface area contributed by atoms with Crippen LogP contribution >= 0.6 is 0 Å². The Kier molecular flexibility index (Phi) is 4.75. The second-order valence-corrected chi connectivity index (χ2v) is 8.18. The van der Waals surface area contributed by atoms with Crippen molar-refractivity contribution in [2.24, 2.45) is 5.14 Å². The van der Waals surface area contributed by atoms with E-state index in [1.54, 1.807) is 42.2 Å². The number of hydrogen-bond donors (Lipinski definition) is 2. The predicted molar refractivity (Wildman–Crippen MR) is 100 cm³/mol. The van der Waals surface area contributed by atoms with E-state index < -0.39 is 22.0 Å². The van der Waals surface area contributed by atoms with Gasteiger partial charge in [0.1, 0.15) is 0 Å². The van der Waals surface area contributed by atoms with Crippen LogP contribution in [0.15, 0.2) is 59.6 Å². The molecule has 27 heavy (non-hydrogen) atoms. The lowest BCUT2D eigenvalue weighted by Crippen LogP contribution is -2.43. The molecule has 2 aromatic carbocycles. The van der Waals surface area contributed by atoms with Gasteiger partial charge in [-0.25, -0.2) is 13.6 Å². The van der Waals surface area contributed by atoms with Crippen LogP contribution in [0.5, 0.6) is 5.75 Å². The molecule has 1 aliphatic heterocycles. The molecule has 1 heterocycles. The molecule has 0 fully saturated rings. The normalized spacial score (nSPS) is 20.8. The van der Waals surface area contributed by atoms with Gasteiger partial charge in [0.05, 0.1) is 22.4 Å². The van der Waals surface area contributed by atoms with Crippen molar-refractivity contribution in [2.45, 2.75) is 37.2 Å². The smallest absolute Gasteiger partial charge is 0.285 e. The largest absolute Gasteiger partial charge is 0.450 e. The summed E-state index contributed by atoms with van der Waals surface area (Å²) < 4.78 is 43.7. The van der Waals surface area contributed by atoms with Gasteiger partial charge >= 0.3 is 0 Å². The molecule has 0 aliphatic carbocycles. The Morgan fingerprint density at radius 2 is 2.00 bits per heavy atom. The number of benzene rings is 2. The molecule has 0 saturated heterocycles. The van der Waals surface area contributed by atoms with Crippen LogP contribution in [-0.2, 0) is 16.6 Å². The number of nitrogens with zero attached hydrogens (tertiary/aromatic N) is 1. The van der Waals surface area contributed by atoms with Crippen molar-refractivity contribution in [3.8, 4) is 5.75 Å². The molecule has 0 radical (unpaired) electrons. The second kappa shape index (κ2) is 6.63. The number of alkyl halides is 1. The summed E-state index contributed by atoms with van der Waals surface area (Å²) in [6.07, 6.45) is -0.852. The predicted octanol–water partition coefficient (Wildman–Crippen LogP) is 2.99. The lowest BCUT2D eigenvalue weighted by atomic mass is 10.0. The van der Waals surface area contributed by atoms with Gasteiger partial charge in [0.15, 0.2) is 5.75 Å². The van der Waals surface area contributed by atoms with Crippen LogP contribution in [-0.4, -0.2) is 19.4 Å². The van der Waals surface area contributed by atoms with E-state index in [1.165, 1.54) is 19.1 Å². The molecule has 3 N–H and O–H groups in total.